The SMILES string of the molecule is Clc1ccc(-c2ccc3nc(Cl)ncc3c2)cc1. The maximum absolute atomic E-state index is 5.88. The average molecular weight is 275 g/mol. The standard InChI is InChI=1S/C14H8Cl2N2/c15-12-4-1-9(2-5-12)10-3-6-13-11(7-10)8-17-14(16)18-13/h1-8H. The molecule has 18 heavy (non-hydrogen) atoms. The lowest BCUT2D eigenvalue weighted by Crippen LogP contribution is -1.85. The summed E-state index contributed by atoms with van der Waals surface area (Å²) in [6.45, 7) is 0. The zero-order valence-corrected chi connectivity index (χ0v) is 10.8. The second-order valence-electron chi connectivity index (χ2n) is 3.92. The number of nitrogens with zero attached hydrogens (tertiary/aromatic N) is 2. The van der Waals surface area contributed by atoms with Crippen LogP contribution in [-0.4, -0.2) is 9.97 Å². The van der Waals surface area contributed by atoms with Crippen LogP contribution in [0.4, 0.5) is 0 Å². The minimum absolute atomic E-state index is 0.266. The highest BCUT2D eigenvalue weighted by molar-refractivity contribution is 6.30. The van der Waals surface area contributed by atoms with Crippen molar-refractivity contribution < 1.29 is 0 Å². The molecule has 4 heteroatoms. The van der Waals surface area contributed by atoms with E-state index in [1.165, 1.54) is 0 Å². The van der Waals surface area contributed by atoms with E-state index in [0.29, 0.717) is 0 Å². The van der Waals surface area contributed by atoms with Crippen LogP contribution in [0.2, 0.25) is 10.3 Å². The van der Waals surface area contributed by atoms with Crippen LogP contribution in [0.25, 0.3) is 22.0 Å². The van der Waals surface area contributed by atoms with Crippen molar-refractivity contribution in [1.29, 1.82) is 0 Å². The fraction of sp³-hybridized carbons (Fsp3) is 0. The molecule has 0 saturated carbocycles. The molecule has 1 aromatic heterocycles. The predicted molar refractivity (Wildman–Crippen MR) is 75.0 cm³/mol. The van der Waals surface area contributed by atoms with Crippen LogP contribution in [0.3, 0.4) is 0 Å². The second kappa shape index (κ2) is 4.56. The second-order valence-corrected chi connectivity index (χ2v) is 4.69. The van der Waals surface area contributed by atoms with E-state index in [1.54, 1.807) is 6.20 Å². The third kappa shape index (κ3) is 2.17. The zero-order chi connectivity index (χ0) is 12.5. The van der Waals surface area contributed by atoms with Crippen LogP contribution in [-0.2, 0) is 0 Å². The molecular weight excluding hydrogens is 267 g/mol. The molecule has 0 N–H and O–H groups in total. The van der Waals surface area contributed by atoms with Crippen LogP contribution in [0.15, 0.2) is 48.7 Å². The highest BCUT2D eigenvalue weighted by atomic mass is 35.5. The lowest BCUT2D eigenvalue weighted by Gasteiger charge is -2.04. The predicted octanol–water partition coefficient (Wildman–Crippen LogP) is 4.60. The van der Waals surface area contributed by atoms with Crippen LogP contribution in [0.1, 0.15) is 0 Å². The molecule has 0 aliphatic heterocycles. The quantitative estimate of drug-likeness (QED) is 0.606. The smallest absolute Gasteiger partial charge is 0.222 e. The van der Waals surface area contributed by atoms with E-state index in [-0.39, 0.29) is 5.28 Å². The van der Waals surface area contributed by atoms with Gasteiger partial charge in [-0.05, 0) is 47.0 Å². The van der Waals surface area contributed by atoms with Gasteiger partial charge in [-0.25, -0.2) is 9.97 Å². The fourth-order valence-corrected chi connectivity index (χ4v) is 2.10. The Hall–Kier alpha value is -1.64. The van der Waals surface area contributed by atoms with Gasteiger partial charge in [-0.2, -0.15) is 0 Å². The molecule has 88 valence electrons. The van der Waals surface area contributed by atoms with Crippen molar-refractivity contribution in [3.8, 4) is 11.1 Å². The van der Waals surface area contributed by atoms with Crippen molar-refractivity contribution in [2.45, 2.75) is 0 Å². The Bertz CT molecular complexity index is 709. The van der Waals surface area contributed by atoms with E-state index < -0.39 is 0 Å². The Morgan fingerprint density at radius 3 is 2.33 bits per heavy atom. The molecular formula is C14H8Cl2N2. The summed E-state index contributed by atoms with van der Waals surface area (Å²) in [5.41, 5.74) is 3.05. The Balaban J connectivity index is 2.13. The van der Waals surface area contributed by atoms with Crippen molar-refractivity contribution in [3.63, 3.8) is 0 Å². The highest BCUT2D eigenvalue weighted by Gasteiger charge is 2.02. The summed E-state index contributed by atoms with van der Waals surface area (Å²) < 4.78 is 0. The minimum atomic E-state index is 0.266. The van der Waals surface area contributed by atoms with Gasteiger partial charge in [-0.1, -0.05) is 29.8 Å². The molecule has 0 bridgehead atoms. The van der Waals surface area contributed by atoms with Crippen LogP contribution in [0.5, 0.6) is 0 Å². The van der Waals surface area contributed by atoms with Crippen molar-refractivity contribution in [3.05, 3.63) is 59.0 Å². The van der Waals surface area contributed by atoms with Gasteiger partial charge < -0.3 is 0 Å². The molecule has 0 aliphatic rings. The van der Waals surface area contributed by atoms with Gasteiger partial charge in [0, 0.05) is 16.6 Å². The molecule has 1 heterocycles. The third-order valence-electron chi connectivity index (χ3n) is 2.73. The Morgan fingerprint density at radius 2 is 1.56 bits per heavy atom. The molecule has 0 fully saturated rings. The van der Waals surface area contributed by atoms with Gasteiger partial charge >= 0.3 is 0 Å². The molecule has 0 atom stereocenters. The van der Waals surface area contributed by atoms with E-state index >= 15 is 0 Å². The van der Waals surface area contributed by atoms with E-state index in [2.05, 4.69) is 9.97 Å². The maximum atomic E-state index is 5.88. The van der Waals surface area contributed by atoms with E-state index in [1.807, 2.05) is 42.5 Å². The summed E-state index contributed by atoms with van der Waals surface area (Å²) in [6.07, 6.45) is 1.73. The Morgan fingerprint density at radius 1 is 0.833 bits per heavy atom. The Kier molecular flexibility index (Phi) is 2.90. The van der Waals surface area contributed by atoms with Crippen LogP contribution in [0, 0.1) is 0 Å². The molecule has 0 spiro atoms. The summed E-state index contributed by atoms with van der Waals surface area (Å²) in [5, 5.41) is 1.96. The molecule has 2 nitrogen and oxygen atoms in total. The summed E-state index contributed by atoms with van der Waals surface area (Å²) in [6, 6.07) is 13.7. The highest BCUT2D eigenvalue weighted by Crippen LogP contribution is 2.25. The van der Waals surface area contributed by atoms with E-state index in [0.717, 1.165) is 27.1 Å². The monoisotopic (exact) mass is 274 g/mol. The normalized spacial score (nSPS) is 10.8. The van der Waals surface area contributed by atoms with Gasteiger partial charge in [-0.15, -0.1) is 0 Å². The topological polar surface area (TPSA) is 25.8 Å². The van der Waals surface area contributed by atoms with Crippen molar-refractivity contribution in [1.82, 2.24) is 9.97 Å². The maximum Gasteiger partial charge on any atom is 0.222 e. The summed E-state index contributed by atoms with van der Waals surface area (Å²) >= 11 is 11.6. The molecule has 3 rings (SSSR count). The first-order valence-electron chi connectivity index (χ1n) is 5.41. The first-order valence-corrected chi connectivity index (χ1v) is 6.16. The van der Waals surface area contributed by atoms with Gasteiger partial charge in [0.15, 0.2) is 0 Å². The fourth-order valence-electron chi connectivity index (χ4n) is 1.83. The lowest BCUT2D eigenvalue weighted by atomic mass is 10.0. The third-order valence-corrected chi connectivity index (χ3v) is 3.16. The van der Waals surface area contributed by atoms with Crippen LogP contribution >= 0.6 is 23.2 Å². The lowest BCUT2D eigenvalue weighted by molar-refractivity contribution is 1.22. The number of benzene rings is 2. The molecule has 3 aromatic rings. The molecule has 0 aliphatic carbocycles. The van der Waals surface area contributed by atoms with Crippen molar-refractivity contribution >= 4 is 34.1 Å². The van der Waals surface area contributed by atoms with Gasteiger partial charge in [0.2, 0.25) is 5.28 Å². The number of rotatable bonds is 1. The minimum Gasteiger partial charge on any atom is -0.226 e. The number of hydrogen-bond acceptors (Lipinski definition) is 2. The number of aromatic nitrogens is 2. The van der Waals surface area contributed by atoms with Gasteiger partial charge in [0.1, 0.15) is 0 Å². The summed E-state index contributed by atoms with van der Waals surface area (Å²) in [5.74, 6) is 0. The van der Waals surface area contributed by atoms with Crippen molar-refractivity contribution in [2.24, 2.45) is 0 Å². The Labute approximate surface area is 114 Å². The zero-order valence-electron chi connectivity index (χ0n) is 9.27. The molecule has 2 aromatic carbocycles. The number of hydrogen-bond donors (Lipinski definition) is 0. The average Bonchev–Trinajstić information content (AvgIpc) is 2.39. The van der Waals surface area contributed by atoms with E-state index in [4.69, 9.17) is 23.2 Å². The van der Waals surface area contributed by atoms with Crippen molar-refractivity contribution in [2.75, 3.05) is 0 Å². The van der Waals surface area contributed by atoms with Gasteiger partial charge in [0.25, 0.3) is 0 Å². The summed E-state index contributed by atoms with van der Waals surface area (Å²) in [7, 11) is 0. The van der Waals surface area contributed by atoms with E-state index in [9.17, 15) is 0 Å². The first kappa shape index (κ1) is 11.5. The molecule has 0 radical (unpaired) electrons. The molecule has 0 amide bonds. The molecule has 0 saturated heterocycles. The van der Waals surface area contributed by atoms with Crippen LogP contribution < -0.4 is 0 Å². The number of halogens is 2. The molecule has 0 unspecified atom stereocenters. The first-order chi connectivity index (χ1) is 8.72. The van der Waals surface area contributed by atoms with Gasteiger partial charge in [0.05, 0.1) is 5.52 Å². The largest absolute Gasteiger partial charge is 0.226 e. The number of fused-ring (bicyclic) bond motifs is 1. The van der Waals surface area contributed by atoms with Gasteiger partial charge in [-0.3, -0.25) is 0 Å². The summed E-state index contributed by atoms with van der Waals surface area (Å²) in [4.78, 5) is 8.15.